The van der Waals surface area contributed by atoms with Gasteiger partial charge in [-0.1, -0.05) is 12.1 Å². The van der Waals surface area contributed by atoms with Crippen LogP contribution in [0.3, 0.4) is 0 Å². The summed E-state index contributed by atoms with van der Waals surface area (Å²) in [4.78, 5) is 15.6. The van der Waals surface area contributed by atoms with E-state index in [1.807, 2.05) is 0 Å². The van der Waals surface area contributed by atoms with E-state index in [2.05, 4.69) is 11.6 Å². The summed E-state index contributed by atoms with van der Waals surface area (Å²) in [7, 11) is 0. The van der Waals surface area contributed by atoms with Crippen LogP contribution in [0.4, 0.5) is 0 Å². The number of amides is 1. The molecule has 4 heteroatoms. The molecule has 1 amide bonds. The Bertz CT molecular complexity index is 324. The molecule has 0 saturated carbocycles. The Labute approximate surface area is 89.4 Å². The highest BCUT2D eigenvalue weighted by Crippen LogP contribution is 1.99. The molecule has 0 spiro atoms. The van der Waals surface area contributed by atoms with Gasteiger partial charge in [0, 0.05) is 12.7 Å². The molecule has 0 aromatic carbocycles. The van der Waals surface area contributed by atoms with Crippen LogP contribution in [-0.4, -0.2) is 22.4 Å². The van der Waals surface area contributed by atoms with Gasteiger partial charge in [-0.25, -0.2) is 5.84 Å². The average molecular weight is 205 g/mol. The second kappa shape index (κ2) is 5.93. The van der Waals surface area contributed by atoms with Gasteiger partial charge in [-0.15, -0.1) is 6.58 Å². The number of carbonyl (C=O) groups is 1. The monoisotopic (exact) mass is 205 g/mol. The molecule has 0 aliphatic heterocycles. The number of carbonyl (C=O) groups excluding carboxylic acids is 1. The van der Waals surface area contributed by atoms with Crippen LogP contribution in [0.25, 0.3) is 0 Å². The smallest absolute Gasteiger partial charge is 0.275 e. The molecule has 0 saturated heterocycles. The van der Waals surface area contributed by atoms with Gasteiger partial charge in [-0.05, 0) is 25.0 Å². The number of aromatic nitrogens is 1. The normalized spacial score (nSPS) is 9.67. The standard InChI is InChI=1S/C11H15N3O/c1-2-3-6-9-14(12)11(15)10-7-4-5-8-13-10/h2,4-5,7-8H,1,3,6,9,12H2. The fourth-order valence-corrected chi connectivity index (χ4v) is 1.14. The summed E-state index contributed by atoms with van der Waals surface area (Å²) in [6.45, 7) is 4.12. The SMILES string of the molecule is C=CCCCN(N)C(=O)c1ccccn1. The Balaban J connectivity index is 2.50. The summed E-state index contributed by atoms with van der Waals surface area (Å²) in [5.74, 6) is 5.35. The average Bonchev–Trinajstić information content (AvgIpc) is 2.29. The summed E-state index contributed by atoms with van der Waals surface area (Å²) in [6, 6.07) is 5.17. The Morgan fingerprint density at radius 1 is 1.60 bits per heavy atom. The quantitative estimate of drug-likeness (QED) is 0.259. The van der Waals surface area contributed by atoms with Gasteiger partial charge >= 0.3 is 0 Å². The van der Waals surface area contributed by atoms with E-state index in [1.165, 1.54) is 5.01 Å². The Morgan fingerprint density at radius 3 is 3.00 bits per heavy atom. The van der Waals surface area contributed by atoms with Crippen LogP contribution in [0, 0.1) is 0 Å². The van der Waals surface area contributed by atoms with Gasteiger partial charge in [-0.2, -0.15) is 0 Å². The molecule has 0 atom stereocenters. The van der Waals surface area contributed by atoms with E-state index in [9.17, 15) is 4.79 Å². The van der Waals surface area contributed by atoms with E-state index >= 15 is 0 Å². The maximum atomic E-state index is 11.7. The number of nitrogens with two attached hydrogens (primary N) is 1. The fraction of sp³-hybridized carbons (Fsp3) is 0.273. The third kappa shape index (κ3) is 3.52. The number of hydrogen-bond acceptors (Lipinski definition) is 3. The van der Waals surface area contributed by atoms with Gasteiger partial charge in [0.05, 0.1) is 0 Å². The van der Waals surface area contributed by atoms with Crippen molar-refractivity contribution in [2.45, 2.75) is 12.8 Å². The third-order valence-electron chi connectivity index (χ3n) is 1.95. The van der Waals surface area contributed by atoms with Gasteiger partial charge in [0.15, 0.2) is 0 Å². The van der Waals surface area contributed by atoms with E-state index in [-0.39, 0.29) is 5.91 Å². The largest absolute Gasteiger partial charge is 0.286 e. The number of hydrogen-bond donors (Lipinski definition) is 1. The first-order chi connectivity index (χ1) is 7.25. The predicted molar refractivity (Wildman–Crippen MR) is 58.9 cm³/mol. The number of pyridine rings is 1. The van der Waals surface area contributed by atoms with E-state index in [4.69, 9.17) is 5.84 Å². The molecule has 0 bridgehead atoms. The van der Waals surface area contributed by atoms with Crippen LogP contribution in [0.2, 0.25) is 0 Å². The Hall–Kier alpha value is -1.68. The van der Waals surface area contributed by atoms with E-state index in [0.29, 0.717) is 12.2 Å². The van der Waals surface area contributed by atoms with Crippen LogP contribution in [0.1, 0.15) is 23.3 Å². The first-order valence-electron chi connectivity index (χ1n) is 4.84. The van der Waals surface area contributed by atoms with Gasteiger partial charge in [0.2, 0.25) is 0 Å². The van der Waals surface area contributed by atoms with Crippen molar-refractivity contribution in [1.29, 1.82) is 0 Å². The molecule has 0 fully saturated rings. The molecule has 0 radical (unpaired) electrons. The summed E-state index contributed by atoms with van der Waals surface area (Å²) in [6.07, 6.45) is 5.05. The number of unbranched alkanes of at least 4 members (excludes halogenated alkanes) is 1. The molecule has 0 unspecified atom stereocenters. The van der Waals surface area contributed by atoms with Crippen molar-refractivity contribution in [3.05, 3.63) is 42.7 Å². The summed E-state index contributed by atoms with van der Waals surface area (Å²) in [5, 5.41) is 1.19. The molecule has 80 valence electrons. The van der Waals surface area contributed by atoms with Crippen molar-refractivity contribution >= 4 is 5.91 Å². The van der Waals surface area contributed by atoms with Crippen molar-refractivity contribution in [1.82, 2.24) is 9.99 Å². The summed E-state index contributed by atoms with van der Waals surface area (Å²) < 4.78 is 0. The molecule has 0 aliphatic rings. The zero-order valence-corrected chi connectivity index (χ0v) is 8.60. The zero-order valence-electron chi connectivity index (χ0n) is 8.60. The molecule has 2 N–H and O–H groups in total. The van der Waals surface area contributed by atoms with E-state index < -0.39 is 0 Å². The summed E-state index contributed by atoms with van der Waals surface area (Å²) >= 11 is 0. The second-order valence-corrected chi connectivity index (χ2v) is 3.14. The van der Waals surface area contributed by atoms with Crippen LogP contribution in [0.5, 0.6) is 0 Å². The molecule has 4 nitrogen and oxygen atoms in total. The number of rotatable bonds is 5. The first kappa shape index (κ1) is 11.4. The molecular formula is C11H15N3O. The molecule has 1 heterocycles. The highest BCUT2D eigenvalue weighted by atomic mass is 16.2. The lowest BCUT2D eigenvalue weighted by Gasteiger charge is -2.15. The lowest BCUT2D eigenvalue weighted by atomic mass is 10.3. The minimum atomic E-state index is -0.250. The maximum Gasteiger partial charge on any atom is 0.286 e. The number of allylic oxidation sites excluding steroid dienone is 1. The van der Waals surface area contributed by atoms with Crippen molar-refractivity contribution in [2.75, 3.05) is 6.54 Å². The topological polar surface area (TPSA) is 59.2 Å². The van der Waals surface area contributed by atoms with E-state index in [1.54, 1.807) is 30.5 Å². The molecule has 0 aliphatic carbocycles. The molecule has 1 rings (SSSR count). The number of hydrazine groups is 1. The maximum absolute atomic E-state index is 11.7. The van der Waals surface area contributed by atoms with Gasteiger partial charge in [0.1, 0.15) is 5.69 Å². The van der Waals surface area contributed by atoms with Gasteiger partial charge in [-0.3, -0.25) is 14.8 Å². The lowest BCUT2D eigenvalue weighted by molar-refractivity contribution is 0.0748. The Kier molecular flexibility index (Phi) is 4.50. The molecule has 1 aromatic rings. The molecule has 15 heavy (non-hydrogen) atoms. The highest BCUT2D eigenvalue weighted by Gasteiger charge is 2.11. The van der Waals surface area contributed by atoms with Crippen LogP contribution in [-0.2, 0) is 0 Å². The second-order valence-electron chi connectivity index (χ2n) is 3.14. The fourth-order valence-electron chi connectivity index (χ4n) is 1.14. The zero-order chi connectivity index (χ0) is 11.1. The van der Waals surface area contributed by atoms with Crippen molar-refractivity contribution in [2.24, 2.45) is 5.84 Å². The van der Waals surface area contributed by atoms with Crippen LogP contribution < -0.4 is 5.84 Å². The van der Waals surface area contributed by atoms with Crippen molar-refractivity contribution in [3.63, 3.8) is 0 Å². The van der Waals surface area contributed by atoms with Gasteiger partial charge in [0.25, 0.3) is 5.91 Å². The van der Waals surface area contributed by atoms with Crippen LogP contribution in [0.15, 0.2) is 37.1 Å². The minimum Gasteiger partial charge on any atom is -0.275 e. The van der Waals surface area contributed by atoms with E-state index in [0.717, 1.165) is 12.8 Å². The number of nitrogens with zero attached hydrogens (tertiary/aromatic N) is 2. The minimum absolute atomic E-state index is 0.250. The molecule has 1 aromatic heterocycles. The Morgan fingerprint density at radius 2 is 2.40 bits per heavy atom. The first-order valence-corrected chi connectivity index (χ1v) is 4.84. The van der Waals surface area contributed by atoms with Crippen LogP contribution >= 0.6 is 0 Å². The third-order valence-corrected chi connectivity index (χ3v) is 1.95. The lowest BCUT2D eigenvalue weighted by Crippen LogP contribution is -2.38. The highest BCUT2D eigenvalue weighted by molar-refractivity contribution is 5.91. The van der Waals surface area contributed by atoms with Gasteiger partial charge < -0.3 is 0 Å². The molecular weight excluding hydrogens is 190 g/mol. The summed E-state index contributed by atoms with van der Waals surface area (Å²) in [5.41, 5.74) is 0.374. The van der Waals surface area contributed by atoms with Crippen molar-refractivity contribution in [3.8, 4) is 0 Å². The predicted octanol–water partition coefficient (Wildman–Crippen LogP) is 1.36. The van der Waals surface area contributed by atoms with Crippen molar-refractivity contribution < 1.29 is 4.79 Å².